The monoisotopic (exact) mass is 250 g/mol. The Bertz CT molecular complexity index is 333. The van der Waals surface area contributed by atoms with Crippen LogP contribution in [0.2, 0.25) is 0 Å². The molecule has 18 heavy (non-hydrogen) atoms. The van der Waals surface area contributed by atoms with Crippen LogP contribution in [-0.2, 0) is 4.79 Å². The summed E-state index contributed by atoms with van der Waals surface area (Å²) < 4.78 is 0. The van der Waals surface area contributed by atoms with Gasteiger partial charge in [-0.25, -0.2) is 0 Å². The minimum Gasteiger partial charge on any atom is -0.342 e. The summed E-state index contributed by atoms with van der Waals surface area (Å²) in [6, 6.07) is 0. The van der Waals surface area contributed by atoms with E-state index in [1.165, 1.54) is 25.7 Å². The molecule has 0 spiro atoms. The van der Waals surface area contributed by atoms with E-state index in [0.717, 1.165) is 38.4 Å². The van der Waals surface area contributed by atoms with Gasteiger partial charge in [-0.1, -0.05) is 13.3 Å². The number of fused-ring (bicyclic) bond motifs is 2. The smallest absolute Gasteiger partial charge is 0.225 e. The van der Waals surface area contributed by atoms with Crippen molar-refractivity contribution >= 4 is 5.91 Å². The fraction of sp³-hybridized carbons (Fsp3) is 0.933. The average molecular weight is 250 g/mol. The van der Waals surface area contributed by atoms with Crippen molar-refractivity contribution in [3.8, 4) is 0 Å². The van der Waals surface area contributed by atoms with Crippen LogP contribution >= 0.6 is 0 Å². The highest BCUT2D eigenvalue weighted by atomic mass is 16.2. The first-order valence-corrected chi connectivity index (χ1v) is 7.60. The van der Waals surface area contributed by atoms with E-state index in [-0.39, 0.29) is 5.41 Å². The van der Waals surface area contributed by atoms with Gasteiger partial charge in [0.05, 0.1) is 0 Å². The standard InChI is InChI=1S/C15H26N2O/c1-15(10-16)4-6-17(7-5-15)14(18)13-9-11-2-3-12(13)8-11/h11-13H,2-10,16H2,1H3. The molecule has 3 rings (SSSR count). The van der Waals surface area contributed by atoms with Gasteiger partial charge >= 0.3 is 0 Å². The van der Waals surface area contributed by atoms with Crippen LogP contribution < -0.4 is 5.73 Å². The predicted octanol–water partition coefficient (Wildman–Crippen LogP) is 2.01. The third kappa shape index (κ3) is 2.07. The number of nitrogens with zero attached hydrogens (tertiary/aromatic N) is 1. The topological polar surface area (TPSA) is 46.3 Å². The molecule has 2 bridgehead atoms. The van der Waals surface area contributed by atoms with E-state index in [1.54, 1.807) is 0 Å². The summed E-state index contributed by atoms with van der Waals surface area (Å²) in [6.45, 7) is 4.87. The molecule has 102 valence electrons. The maximum Gasteiger partial charge on any atom is 0.225 e. The van der Waals surface area contributed by atoms with E-state index in [9.17, 15) is 4.79 Å². The fourth-order valence-corrected chi connectivity index (χ4v) is 4.25. The average Bonchev–Trinajstić information content (AvgIpc) is 3.01. The molecule has 0 aromatic heterocycles. The third-order valence-electron chi connectivity index (χ3n) is 5.83. The van der Waals surface area contributed by atoms with Crippen molar-refractivity contribution in [3.63, 3.8) is 0 Å². The fourth-order valence-electron chi connectivity index (χ4n) is 4.25. The zero-order chi connectivity index (χ0) is 12.8. The van der Waals surface area contributed by atoms with Gasteiger partial charge in [0.1, 0.15) is 0 Å². The number of likely N-dealkylation sites (tertiary alicyclic amines) is 1. The number of nitrogens with two attached hydrogens (primary N) is 1. The second-order valence-electron chi connectivity index (χ2n) is 7.12. The Balaban J connectivity index is 1.58. The molecule has 1 amide bonds. The number of carbonyl (C=O) groups is 1. The SMILES string of the molecule is CC1(CN)CCN(C(=O)C2CC3CCC2C3)CC1. The van der Waals surface area contributed by atoms with Crippen LogP contribution in [0.4, 0.5) is 0 Å². The number of amides is 1. The van der Waals surface area contributed by atoms with Crippen molar-refractivity contribution in [2.75, 3.05) is 19.6 Å². The molecule has 3 atom stereocenters. The molecule has 3 aliphatic rings. The summed E-state index contributed by atoms with van der Waals surface area (Å²) in [6.07, 6.45) is 7.33. The van der Waals surface area contributed by atoms with Crippen LogP contribution in [0.1, 0.15) is 45.4 Å². The Morgan fingerprint density at radius 3 is 2.50 bits per heavy atom. The zero-order valence-corrected chi connectivity index (χ0v) is 11.5. The molecule has 1 saturated heterocycles. The molecule has 0 radical (unpaired) electrons. The van der Waals surface area contributed by atoms with E-state index in [1.807, 2.05) is 0 Å². The normalized spacial score (nSPS) is 38.1. The molecule has 2 saturated carbocycles. The van der Waals surface area contributed by atoms with Gasteiger partial charge in [-0.3, -0.25) is 4.79 Å². The number of carbonyl (C=O) groups excluding carboxylic acids is 1. The lowest BCUT2D eigenvalue weighted by Crippen LogP contribution is -2.47. The van der Waals surface area contributed by atoms with Crippen LogP contribution in [0, 0.1) is 23.2 Å². The lowest BCUT2D eigenvalue weighted by molar-refractivity contribution is -0.139. The molecule has 1 heterocycles. The zero-order valence-electron chi connectivity index (χ0n) is 11.5. The minimum absolute atomic E-state index is 0.269. The lowest BCUT2D eigenvalue weighted by Gasteiger charge is -2.40. The first-order chi connectivity index (χ1) is 8.61. The summed E-state index contributed by atoms with van der Waals surface area (Å²) >= 11 is 0. The summed E-state index contributed by atoms with van der Waals surface area (Å²) in [5, 5.41) is 0. The largest absolute Gasteiger partial charge is 0.342 e. The second-order valence-corrected chi connectivity index (χ2v) is 7.12. The number of hydrogen-bond donors (Lipinski definition) is 1. The van der Waals surface area contributed by atoms with E-state index < -0.39 is 0 Å². The van der Waals surface area contributed by atoms with Crippen LogP contribution in [0.5, 0.6) is 0 Å². The molecule has 2 N–H and O–H groups in total. The number of hydrogen-bond acceptors (Lipinski definition) is 2. The number of rotatable bonds is 2. The molecule has 1 aliphatic heterocycles. The first-order valence-electron chi connectivity index (χ1n) is 7.60. The van der Waals surface area contributed by atoms with E-state index >= 15 is 0 Å². The summed E-state index contributed by atoms with van der Waals surface area (Å²) in [5.41, 5.74) is 6.10. The highest BCUT2D eigenvalue weighted by Gasteiger charge is 2.45. The molecule has 3 heteroatoms. The van der Waals surface area contributed by atoms with Crippen molar-refractivity contribution in [1.29, 1.82) is 0 Å². The minimum atomic E-state index is 0.269. The van der Waals surface area contributed by atoms with Gasteiger partial charge in [0.25, 0.3) is 0 Å². The molecule has 3 nitrogen and oxygen atoms in total. The molecular weight excluding hydrogens is 224 g/mol. The second kappa shape index (κ2) is 4.52. The van der Waals surface area contributed by atoms with Crippen LogP contribution in [-0.4, -0.2) is 30.4 Å². The quantitative estimate of drug-likeness (QED) is 0.815. The highest BCUT2D eigenvalue weighted by molar-refractivity contribution is 5.79. The molecule has 0 aromatic carbocycles. The summed E-state index contributed by atoms with van der Waals surface area (Å²) in [5.74, 6) is 2.40. The van der Waals surface area contributed by atoms with E-state index in [0.29, 0.717) is 17.7 Å². The van der Waals surface area contributed by atoms with Crippen LogP contribution in [0.25, 0.3) is 0 Å². The van der Waals surface area contributed by atoms with Gasteiger partial charge in [0, 0.05) is 19.0 Å². The van der Waals surface area contributed by atoms with Gasteiger partial charge in [-0.2, -0.15) is 0 Å². The predicted molar refractivity (Wildman–Crippen MR) is 71.9 cm³/mol. The van der Waals surface area contributed by atoms with Crippen LogP contribution in [0.15, 0.2) is 0 Å². The molecule has 3 unspecified atom stereocenters. The Morgan fingerprint density at radius 1 is 1.28 bits per heavy atom. The third-order valence-corrected chi connectivity index (χ3v) is 5.83. The van der Waals surface area contributed by atoms with Crippen molar-refractivity contribution in [1.82, 2.24) is 4.90 Å². The van der Waals surface area contributed by atoms with Crippen molar-refractivity contribution in [2.24, 2.45) is 28.9 Å². The van der Waals surface area contributed by atoms with Crippen molar-refractivity contribution in [2.45, 2.75) is 45.4 Å². The molecule has 3 fully saturated rings. The highest BCUT2D eigenvalue weighted by Crippen LogP contribution is 2.49. The Kier molecular flexibility index (Phi) is 3.13. The van der Waals surface area contributed by atoms with Crippen molar-refractivity contribution in [3.05, 3.63) is 0 Å². The van der Waals surface area contributed by atoms with Gasteiger partial charge in [-0.15, -0.1) is 0 Å². The maximum atomic E-state index is 12.6. The van der Waals surface area contributed by atoms with Gasteiger partial charge in [-0.05, 0) is 55.9 Å². The molecular formula is C15H26N2O. The Labute approximate surface area is 110 Å². The lowest BCUT2D eigenvalue weighted by atomic mass is 9.79. The molecule has 0 aromatic rings. The maximum absolute atomic E-state index is 12.6. The van der Waals surface area contributed by atoms with Crippen LogP contribution in [0.3, 0.4) is 0 Å². The molecule has 2 aliphatic carbocycles. The van der Waals surface area contributed by atoms with Gasteiger partial charge in [0.2, 0.25) is 5.91 Å². The summed E-state index contributed by atoms with van der Waals surface area (Å²) in [7, 11) is 0. The van der Waals surface area contributed by atoms with E-state index in [4.69, 9.17) is 5.73 Å². The summed E-state index contributed by atoms with van der Waals surface area (Å²) in [4.78, 5) is 14.7. The van der Waals surface area contributed by atoms with E-state index in [2.05, 4.69) is 11.8 Å². The Hall–Kier alpha value is -0.570. The van der Waals surface area contributed by atoms with Gasteiger partial charge in [0.15, 0.2) is 0 Å². The Morgan fingerprint density at radius 2 is 2.00 bits per heavy atom. The van der Waals surface area contributed by atoms with Crippen molar-refractivity contribution < 1.29 is 4.79 Å². The number of piperidine rings is 1. The van der Waals surface area contributed by atoms with Gasteiger partial charge < -0.3 is 10.6 Å². The first kappa shape index (κ1) is 12.5.